The van der Waals surface area contributed by atoms with E-state index in [4.69, 9.17) is 0 Å². The van der Waals surface area contributed by atoms with Crippen LogP contribution >= 0.6 is 0 Å². The maximum atomic E-state index is 3.51. The Hall–Kier alpha value is -0.360. The third-order valence-corrected chi connectivity index (χ3v) is 22.6. The largest absolute Gasteiger partial charge is 0.301 e. The van der Waals surface area contributed by atoms with Gasteiger partial charge in [-0.05, 0) is 274 Å². The van der Waals surface area contributed by atoms with Crippen molar-refractivity contribution in [2.45, 2.75) is 323 Å². The summed E-state index contributed by atoms with van der Waals surface area (Å²) >= 11 is 0. The summed E-state index contributed by atoms with van der Waals surface area (Å²) in [7, 11) is 0. The first-order valence-electron chi connectivity index (χ1n) is 33.0. The van der Waals surface area contributed by atoms with E-state index in [0.717, 1.165) is 151 Å². The summed E-state index contributed by atoms with van der Waals surface area (Å²) in [5.41, 5.74) is 0. The van der Waals surface area contributed by atoms with Crippen LogP contribution in [0.25, 0.3) is 0 Å². The predicted octanol–water partition coefficient (Wildman–Crippen LogP) is 11.6. The number of nitrogens with one attached hydrogen (secondary N) is 1. The zero-order chi connectivity index (χ0) is 52.9. The first kappa shape index (κ1) is 58.3. The fourth-order valence-electron chi connectivity index (χ4n) is 17.2. The van der Waals surface area contributed by atoms with E-state index in [0.29, 0.717) is 0 Å². The van der Waals surface area contributed by atoms with E-state index in [1.54, 1.807) is 0 Å². The second-order valence-corrected chi connectivity index (χ2v) is 30.4. The first-order valence-corrected chi connectivity index (χ1v) is 33.0. The molecule has 9 nitrogen and oxygen atoms in total. The van der Waals surface area contributed by atoms with Crippen molar-refractivity contribution in [3.05, 3.63) is 0 Å². The Bertz CT molecular complexity index is 1570. The Balaban J connectivity index is 0.000000104. The molecule has 22 aliphatic rings. The van der Waals surface area contributed by atoms with E-state index in [9.17, 15) is 0 Å². The lowest BCUT2D eigenvalue weighted by Gasteiger charge is -2.63. The molecule has 22 fully saturated rings. The van der Waals surface area contributed by atoms with Gasteiger partial charge in [0, 0.05) is 142 Å². The maximum Gasteiger partial charge on any atom is 0.0487 e. The van der Waals surface area contributed by atoms with E-state index in [2.05, 4.69) is 155 Å². The molecule has 0 radical (unpaired) electrons. The number of piperidine rings is 6. The standard InChI is InChI=1S/2C9H17N.C8H16N2.4C8H15N.C7H13N/c1-7(2)10-5-8-3-9(4-8)6-10;1-7(2)10-4-3-8-5-9(10)6-8;1-6(2)10-5-9-7-3-8(10)4-7;1-6(2)9-4-7-3-8(7)5-9;1-6(2)9-5-7-3-8(9)4-7;1-6(2)9-4-3-7-5-8(7)9;1-6(2)9-7-3-4-8(9)5-7;1-5(2)8-6-3-7(8)4-6/h2*7-9H,3-6H2,1-2H3;6-9H,3-5H2,1-2H3;4*6-8H,3-5H2,1-2H3;5-7H,3-4H2,1-2H3. The lowest BCUT2D eigenvalue weighted by atomic mass is 9.71. The minimum atomic E-state index is 0.721. The van der Waals surface area contributed by atoms with Gasteiger partial charge in [0.25, 0.3) is 0 Å². The summed E-state index contributed by atoms with van der Waals surface area (Å²) in [6.07, 6.45) is 25.2. The van der Waals surface area contributed by atoms with Crippen molar-refractivity contribution in [2.24, 2.45) is 41.4 Å². The van der Waals surface area contributed by atoms with Crippen LogP contribution in [0, 0.1) is 41.4 Å². The van der Waals surface area contributed by atoms with Gasteiger partial charge in [-0.2, -0.15) is 0 Å². The van der Waals surface area contributed by atoms with E-state index in [-0.39, 0.29) is 0 Å². The molecule has 0 aromatic rings. The van der Waals surface area contributed by atoms with Crippen LogP contribution in [0.4, 0.5) is 0 Å². The van der Waals surface area contributed by atoms with Gasteiger partial charge >= 0.3 is 0 Å². The Morgan fingerprint density at radius 1 is 0.297 bits per heavy atom. The molecule has 0 amide bonds. The minimum Gasteiger partial charge on any atom is -0.301 e. The fraction of sp³-hybridized carbons (Fsp3) is 1.00. The highest BCUT2D eigenvalue weighted by Gasteiger charge is 2.51. The van der Waals surface area contributed by atoms with Crippen molar-refractivity contribution in [3.8, 4) is 0 Å². The quantitative estimate of drug-likeness (QED) is 0.256. The third-order valence-electron chi connectivity index (χ3n) is 22.6. The summed E-state index contributed by atoms with van der Waals surface area (Å²) in [4.78, 5) is 21.0. The van der Waals surface area contributed by atoms with Crippen LogP contribution in [0.5, 0.6) is 0 Å². The Morgan fingerprint density at radius 3 is 0.986 bits per heavy atom. The van der Waals surface area contributed by atoms with Crippen LogP contribution in [0.2, 0.25) is 0 Å². The molecule has 0 aromatic heterocycles. The fourth-order valence-corrected chi connectivity index (χ4v) is 17.2. The van der Waals surface area contributed by atoms with E-state index >= 15 is 0 Å². The Morgan fingerprint density at radius 2 is 0.743 bits per heavy atom. The number of hydrogen-bond donors (Lipinski definition) is 1. The molecule has 12 bridgehead atoms. The Labute approximate surface area is 459 Å². The molecule has 22 rings (SSSR count). The highest BCUT2D eigenvalue weighted by atomic mass is 15.3. The van der Waals surface area contributed by atoms with Crippen LogP contribution in [-0.4, -0.2) is 194 Å². The van der Waals surface area contributed by atoms with Gasteiger partial charge in [-0.25, -0.2) is 0 Å². The van der Waals surface area contributed by atoms with Crippen LogP contribution in [-0.2, 0) is 0 Å². The van der Waals surface area contributed by atoms with E-state index in [1.165, 1.54) is 155 Å². The van der Waals surface area contributed by atoms with Crippen LogP contribution in [0.1, 0.15) is 220 Å². The molecule has 9 heteroatoms. The highest BCUT2D eigenvalue weighted by Crippen LogP contribution is 2.48. The van der Waals surface area contributed by atoms with Crippen LogP contribution in [0.3, 0.4) is 0 Å². The Kier molecular flexibility index (Phi) is 19.9. The number of likely N-dealkylation sites (tertiary alicyclic amines) is 2. The first-order chi connectivity index (χ1) is 35.2. The predicted molar refractivity (Wildman–Crippen MR) is 315 cm³/mol. The topological polar surface area (TPSA) is 38.0 Å². The molecular formula is C65H123N9. The molecule has 428 valence electrons. The lowest BCUT2D eigenvalue weighted by molar-refractivity contribution is -0.128. The molecule has 6 unspecified atom stereocenters. The molecule has 14 aliphatic heterocycles. The van der Waals surface area contributed by atoms with Crippen molar-refractivity contribution < 1.29 is 0 Å². The van der Waals surface area contributed by atoms with Crippen molar-refractivity contribution in [1.29, 1.82) is 0 Å². The average Bonchev–Trinajstić information content (AvgIpc) is 3.73. The summed E-state index contributed by atoms with van der Waals surface area (Å²) in [5, 5.41) is 3.51. The summed E-state index contributed by atoms with van der Waals surface area (Å²) in [6.45, 7) is 47.6. The van der Waals surface area contributed by atoms with Gasteiger partial charge in [0.2, 0.25) is 0 Å². The van der Waals surface area contributed by atoms with Crippen molar-refractivity contribution >= 4 is 0 Å². The molecule has 74 heavy (non-hydrogen) atoms. The normalized spacial score (nSPS) is 41.2. The number of fused-ring (bicyclic) bond motifs is 10. The van der Waals surface area contributed by atoms with E-state index in [1.807, 2.05) is 0 Å². The molecular weight excluding hydrogens is 907 g/mol. The molecule has 14 saturated heterocycles. The van der Waals surface area contributed by atoms with Gasteiger partial charge < -0.3 is 15.1 Å². The van der Waals surface area contributed by atoms with Gasteiger partial charge in [0.15, 0.2) is 0 Å². The molecule has 14 heterocycles. The van der Waals surface area contributed by atoms with Crippen molar-refractivity contribution in [1.82, 2.24) is 44.5 Å². The van der Waals surface area contributed by atoms with Crippen LogP contribution < -0.4 is 5.32 Å². The van der Waals surface area contributed by atoms with Gasteiger partial charge in [0.1, 0.15) is 0 Å². The van der Waals surface area contributed by atoms with E-state index < -0.39 is 0 Å². The second-order valence-electron chi connectivity index (χ2n) is 30.4. The van der Waals surface area contributed by atoms with Crippen molar-refractivity contribution in [2.75, 3.05) is 52.5 Å². The second kappa shape index (κ2) is 25.2. The third kappa shape index (κ3) is 14.0. The molecule has 0 spiro atoms. The van der Waals surface area contributed by atoms with Gasteiger partial charge in [-0.1, -0.05) is 0 Å². The summed E-state index contributed by atoms with van der Waals surface area (Å²) < 4.78 is 0. The maximum absolute atomic E-state index is 3.51. The lowest BCUT2D eigenvalue weighted by Crippen LogP contribution is -2.70. The highest BCUT2D eigenvalue weighted by molar-refractivity contribution is 5.08. The SMILES string of the molecule is CC(C)N1C2CC1C2.CC(C)N1C2CCC1C2.CC(C)N1CC2CC(C2)C1.CC(C)N1CC2CC1C2.CC(C)N1CC2CC2C1.CC(C)N1CCC2CC1C2.CC(C)N1CCC2CC21.CC(C)N1CNC2CC1C2. The summed E-state index contributed by atoms with van der Waals surface area (Å²) in [5.74, 6) is 7.65. The number of rotatable bonds is 8. The molecule has 8 saturated carbocycles. The average molecular weight is 1030 g/mol. The molecule has 0 aromatic carbocycles. The molecule has 6 atom stereocenters. The number of nitrogens with zero attached hydrogens (tertiary/aromatic N) is 8. The van der Waals surface area contributed by atoms with Gasteiger partial charge in [0.05, 0.1) is 0 Å². The monoisotopic (exact) mass is 1030 g/mol. The van der Waals surface area contributed by atoms with Gasteiger partial charge in [-0.3, -0.25) is 29.4 Å². The molecule has 8 aliphatic carbocycles. The van der Waals surface area contributed by atoms with Gasteiger partial charge in [-0.15, -0.1) is 0 Å². The summed E-state index contributed by atoms with van der Waals surface area (Å²) in [6, 6.07) is 15.0. The number of hydrogen-bond acceptors (Lipinski definition) is 9. The molecule has 1 N–H and O–H groups in total. The minimum absolute atomic E-state index is 0.721. The van der Waals surface area contributed by atoms with Crippen LogP contribution in [0.15, 0.2) is 0 Å². The van der Waals surface area contributed by atoms with Crippen molar-refractivity contribution in [3.63, 3.8) is 0 Å². The zero-order valence-corrected chi connectivity index (χ0v) is 51.6. The zero-order valence-electron chi connectivity index (χ0n) is 51.6. The smallest absolute Gasteiger partial charge is 0.0487 e.